The molecule has 4 nitrogen and oxygen atoms in total. The maximum absolute atomic E-state index is 12.1. The van der Waals surface area contributed by atoms with Crippen molar-refractivity contribution in [3.63, 3.8) is 0 Å². The van der Waals surface area contributed by atoms with Crippen LogP contribution in [0.4, 0.5) is 4.79 Å². The predicted molar refractivity (Wildman–Crippen MR) is 118 cm³/mol. The normalized spacial score (nSPS) is 11.6. The molecule has 30 heavy (non-hydrogen) atoms. The Bertz CT molecular complexity index is 1060. The van der Waals surface area contributed by atoms with E-state index in [2.05, 4.69) is 41.4 Å². The van der Waals surface area contributed by atoms with Gasteiger partial charge in [-0.25, -0.2) is 4.79 Å². The molecule has 0 unspecified atom stereocenters. The summed E-state index contributed by atoms with van der Waals surface area (Å²) in [6.45, 7) is 0.753. The van der Waals surface area contributed by atoms with E-state index in [-0.39, 0.29) is 5.92 Å². The summed E-state index contributed by atoms with van der Waals surface area (Å²) in [4.78, 5) is 12.1. The van der Waals surface area contributed by atoms with Crippen molar-refractivity contribution in [2.24, 2.45) is 0 Å². The molecule has 0 saturated carbocycles. The Balaban J connectivity index is 1.28. The number of nitrogens with one attached hydrogen (secondary N) is 1. The zero-order valence-electron chi connectivity index (χ0n) is 16.9. The number of hydrogen-bond donors (Lipinski definition) is 1. The van der Waals surface area contributed by atoms with E-state index >= 15 is 0 Å². The molecule has 1 amide bonds. The molecule has 0 heterocycles. The lowest BCUT2D eigenvalue weighted by Crippen LogP contribution is -2.26. The van der Waals surface area contributed by atoms with E-state index in [1.165, 1.54) is 22.3 Å². The largest absolute Gasteiger partial charge is 0.497 e. The Kier molecular flexibility index (Phi) is 6.01. The number of carbonyl (C=O) groups is 1. The number of carbonyl (C=O) groups excluding carboxylic acids is 1. The van der Waals surface area contributed by atoms with Gasteiger partial charge in [-0.15, -0.1) is 0 Å². The van der Waals surface area contributed by atoms with Crippen LogP contribution in [0.1, 0.15) is 29.0 Å². The maximum Gasteiger partial charge on any atom is 0.407 e. The Morgan fingerprint density at radius 1 is 0.967 bits per heavy atom. The lowest BCUT2D eigenvalue weighted by atomic mass is 9.98. The number of benzene rings is 3. The molecular formula is C26H23NO3. The van der Waals surface area contributed by atoms with E-state index in [0.29, 0.717) is 19.6 Å². The van der Waals surface area contributed by atoms with Crippen LogP contribution in [0.5, 0.6) is 5.75 Å². The van der Waals surface area contributed by atoms with Crippen LogP contribution in [0.3, 0.4) is 0 Å². The van der Waals surface area contributed by atoms with Gasteiger partial charge in [-0.2, -0.15) is 0 Å². The lowest BCUT2D eigenvalue weighted by Gasteiger charge is -2.14. The second kappa shape index (κ2) is 9.19. The fraction of sp³-hybridized carbons (Fsp3) is 0.192. The average Bonchev–Trinajstić information content (AvgIpc) is 3.11. The molecule has 3 aromatic carbocycles. The third-order valence-electron chi connectivity index (χ3n) is 5.17. The number of fused-ring (bicyclic) bond motifs is 3. The Hall–Kier alpha value is -3.71. The summed E-state index contributed by atoms with van der Waals surface area (Å²) in [5.74, 6) is 6.97. The first kappa shape index (κ1) is 19.6. The van der Waals surface area contributed by atoms with Gasteiger partial charge in [0.1, 0.15) is 12.4 Å². The average molecular weight is 397 g/mol. The highest BCUT2D eigenvalue weighted by molar-refractivity contribution is 5.79. The molecule has 150 valence electrons. The molecule has 4 heteroatoms. The highest BCUT2D eigenvalue weighted by Crippen LogP contribution is 2.44. The third kappa shape index (κ3) is 4.31. The van der Waals surface area contributed by atoms with E-state index in [4.69, 9.17) is 9.47 Å². The minimum Gasteiger partial charge on any atom is -0.497 e. The minimum absolute atomic E-state index is 0.0657. The van der Waals surface area contributed by atoms with Crippen LogP contribution in [0, 0.1) is 11.8 Å². The van der Waals surface area contributed by atoms with Crippen molar-refractivity contribution in [1.29, 1.82) is 0 Å². The zero-order chi connectivity index (χ0) is 20.8. The van der Waals surface area contributed by atoms with Crippen molar-refractivity contribution in [2.45, 2.75) is 12.3 Å². The Morgan fingerprint density at radius 2 is 1.67 bits per heavy atom. The van der Waals surface area contributed by atoms with Gasteiger partial charge in [0.25, 0.3) is 0 Å². The number of methoxy groups -OCH3 is 1. The van der Waals surface area contributed by atoms with Gasteiger partial charge in [0.05, 0.1) is 7.11 Å². The van der Waals surface area contributed by atoms with E-state index in [0.717, 1.165) is 11.3 Å². The molecule has 0 atom stereocenters. The van der Waals surface area contributed by atoms with Crippen molar-refractivity contribution < 1.29 is 14.3 Å². The van der Waals surface area contributed by atoms with Crippen molar-refractivity contribution in [3.05, 3.63) is 89.5 Å². The topological polar surface area (TPSA) is 47.6 Å². The van der Waals surface area contributed by atoms with Crippen LogP contribution in [-0.2, 0) is 4.74 Å². The molecule has 1 aliphatic rings. The van der Waals surface area contributed by atoms with E-state index in [1.807, 2.05) is 48.5 Å². The molecule has 1 N–H and O–H groups in total. The van der Waals surface area contributed by atoms with Gasteiger partial charge in [-0.05, 0) is 40.5 Å². The van der Waals surface area contributed by atoms with Gasteiger partial charge in [-0.3, -0.25) is 0 Å². The van der Waals surface area contributed by atoms with Gasteiger partial charge >= 0.3 is 6.09 Å². The van der Waals surface area contributed by atoms with Crippen LogP contribution in [0.2, 0.25) is 0 Å². The fourth-order valence-corrected chi connectivity index (χ4v) is 3.74. The number of ether oxygens (including phenoxy) is 2. The minimum atomic E-state index is -0.417. The van der Waals surface area contributed by atoms with Crippen molar-refractivity contribution in [1.82, 2.24) is 5.32 Å². The highest BCUT2D eigenvalue weighted by Gasteiger charge is 2.28. The second-order valence-electron chi connectivity index (χ2n) is 7.04. The Labute approximate surface area is 176 Å². The van der Waals surface area contributed by atoms with Crippen LogP contribution in [0.25, 0.3) is 11.1 Å². The van der Waals surface area contributed by atoms with Gasteiger partial charge in [-0.1, -0.05) is 66.4 Å². The van der Waals surface area contributed by atoms with Crippen molar-refractivity contribution in [2.75, 3.05) is 20.3 Å². The molecule has 0 saturated heterocycles. The molecule has 0 radical (unpaired) electrons. The van der Waals surface area contributed by atoms with Crippen molar-refractivity contribution >= 4 is 6.09 Å². The first-order chi connectivity index (χ1) is 14.8. The van der Waals surface area contributed by atoms with E-state index in [9.17, 15) is 4.79 Å². The number of alkyl carbamates (subject to hydrolysis) is 1. The molecule has 1 aliphatic carbocycles. The summed E-state index contributed by atoms with van der Waals surface area (Å²) in [5.41, 5.74) is 5.73. The fourth-order valence-electron chi connectivity index (χ4n) is 3.74. The first-order valence-corrected chi connectivity index (χ1v) is 9.98. The van der Waals surface area contributed by atoms with Gasteiger partial charge < -0.3 is 14.8 Å². The summed E-state index contributed by atoms with van der Waals surface area (Å²) >= 11 is 0. The summed E-state index contributed by atoms with van der Waals surface area (Å²) < 4.78 is 10.7. The van der Waals surface area contributed by atoms with E-state index < -0.39 is 6.09 Å². The van der Waals surface area contributed by atoms with Crippen molar-refractivity contribution in [3.8, 4) is 28.7 Å². The van der Waals surface area contributed by atoms with Gasteiger partial charge in [0, 0.05) is 24.4 Å². The summed E-state index contributed by atoms with van der Waals surface area (Å²) in [7, 11) is 1.63. The maximum atomic E-state index is 12.1. The number of hydrogen-bond acceptors (Lipinski definition) is 3. The number of rotatable bonds is 5. The SMILES string of the molecule is COc1cccc(C#CCCNC(=O)OCC2c3ccccc3-c3ccccc32)c1. The van der Waals surface area contributed by atoms with Crippen LogP contribution < -0.4 is 10.1 Å². The summed E-state index contributed by atoms with van der Waals surface area (Å²) in [6.07, 6.45) is 0.126. The van der Waals surface area contributed by atoms with Gasteiger partial charge in [0.15, 0.2) is 0 Å². The molecule has 0 aliphatic heterocycles. The molecule has 0 bridgehead atoms. The predicted octanol–water partition coefficient (Wildman–Crippen LogP) is 4.98. The Morgan fingerprint density at radius 3 is 2.37 bits per heavy atom. The zero-order valence-corrected chi connectivity index (χ0v) is 16.9. The molecule has 3 aromatic rings. The van der Waals surface area contributed by atoms with Crippen LogP contribution in [-0.4, -0.2) is 26.4 Å². The molecule has 4 rings (SSSR count). The monoisotopic (exact) mass is 397 g/mol. The third-order valence-corrected chi connectivity index (χ3v) is 5.17. The quantitative estimate of drug-likeness (QED) is 0.488. The number of amides is 1. The van der Waals surface area contributed by atoms with Crippen LogP contribution >= 0.6 is 0 Å². The molecular weight excluding hydrogens is 374 g/mol. The molecule has 0 spiro atoms. The van der Waals surface area contributed by atoms with E-state index in [1.54, 1.807) is 7.11 Å². The summed E-state index contributed by atoms with van der Waals surface area (Å²) in [5, 5.41) is 2.78. The van der Waals surface area contributed by atoms with Gasteiger partial charge in [0.2, 0.25) is 0 Å². The smallest absolute Gasteiger partial charge is 0.407 e. The summed E-state index contributed by atoms with van der Waals surface area (Å²) in [6, 6.07) is 24.2. The van der Waals surface area contributed by atoms with Crippen LogP contribution in [0.15, 0.2) is 72.8 Å². The second-order valence-corrected chi connectivity index (χ2v) is 7.04. The molecule has 0 fully saturated rings. The standard InChI is InChI=1S/C26H23NO3/c1-29-20-11-8-10-19(17-20)9-6-7-16-27-26(28)30-18-25-23-14-4-2-12-21(23)22-13-3-5-15-24(22)25/h2-5,8,10-15,17,25H,7,16,18H2,1H3,(H,27,28). The lowest BCUT2D eigenvalue weighted by molar-refractivity contribution is 0.143. The molecule has 0 aromatic heterocycles. The first-order valence-electron chi connectivity index (χ1n) is 9.98. The highest BCUT2D eigenvalue weighted by atomic mass is 16.5.